The van der Waals surface area contributed by atoms with E-state index in [0.29, 0.717) is 5.56 Å². The van der Waals surface area contributed by atoms with Crippen LogP contribution in [-0.2, 0) is 9.53 Å². The lowest BCUT2D eigenvalue weighted by molar-refractivity contribution is -0.145. The van der Waals surface area contributed by atoms with Crippen LogP contribution in [-0.4, -0.2) is 25.0 Å². The first-order valence-electron chi connectivity index (χ1n) is 5.64. The predicted molar refractivity (Wildman–Crippen MR) is 64.4 cm³/mol. The molecule has 0 heterocycles. The van der Waals surface area contributed by atoms with Crippen LogP contribution in [0.4, 0.5) is 8.78 Å². The summed E-state index contributed by atoms with van der Waals surface area (Å²) in [6, 6.07) is 7.10. The number of benzene rings is 1. The summed E-state index contributed by atoms with van der Waals surface area (Å²) in [6.07, 6.45) is -0.726. The number of carbonyl (C=O) groups excluding carboxylic acids is 1. The van der Waals surface area contributed by atoms with Crippen LogP contribution >= 0.6 is 0 Å². The molecule has 100 valence electrons. The van der Waals surface area contributed by atoms with Gasteiger partial charge in [-0.05, 0) is 5.56 Å². The lowest BCUT2D eigenvalue weighted by Crippen LogP contribution is -2.39. The molecule has 0 spiro atoms. The molecular weight excluding hydrogens is 240 g/mol. The van der Waals surface area contributed by atoms with E-state index in [0.717, 1.165) is 7.11 Å². The summed E-state index contributed by atoms with van der Waals surface area (Å²) < 4.78 is 32.3. The first-order chi connectivity index (χ1) is 8.38. The highest BCUT2D eigenvalue weighted by Crippen LogP contribution is 2.36. The third kappa shape index (κ3) is 3.50. The van der Waals surface area contributed by atoms with Crippen LogP contribution in [0.25, 0.3) is 0 Å². The number of methoxy groups -OCH3 is 1. The third-order valence-corrected chi connectivity index (χ3v) is 2.93. The van der Waals surface area contributed by atoms with E-state index < -0.39 is 30.3 Å². The monoisotopic (exact) mass is 257 g/mol. The SMILES string of the molecule is COC(=O)C(N)CC(F)(F)C(C)c1ccccc1. The van der Waals surface area contributed by atoms with E-state index in [1.165, 1.54) is 6.92 Å². The summed E-state index contributed by atoms with van der Waals surface area (Å²) in [6.45, 7) is 1.42. The fourth-order valence-electron chi connectivity index (χ4n) is 1.69. The highest BCUT2D eigenvalue weighted by Gasteiger charge is 2.40. The van der Waals surface area contributed by atoms with E-state index in [-0.39, 0.29) is 0 Å². The predicted octanol–water partition coefficient (Wildman–Crippen LogP) is 2.32. The molecule has 0 saturated carbocycles. The molecule has 2 N–H and O–H groups in total. The van der Waals surface area contributed by atoms with Crippen LogP contribution in [0.15, 0.2) is 30.3 Å². The van der Waals surface area contributed by atoms with E-state index in [4.69, 9.17) is 5.73 Å². The van der Waals surface area contributed by atoms with Gasteiger partial charge in [0.2, 0.25) is 0 Å². The van der Waals surface area contributed by atoms with Crippen LogP contribution in [0.2, 0.25) is 0 Å². The number of ether oxygens (including phenoxy) is 1. The fourth-order valence-corrected chi connectivity index (χ4v) is 1.69. The van der Waals surface area contributed by atoms with Gasteiger partial charge in [0.15, 0.2) is 0 Å². The summed E-state index contributed by atoms with van der Waals surface area (Å²) >= 11 is 0. The number of halogens is 2. The Morgan fingerprint density at radius 2 is 1.94 bits per heavy atom. The normalized spacial score (nSPS) is 14.9. The van der Waals surface area contributed by atoms with Crippen LogP contribution in [0, 0.1) is 0 Å². The Kier molecular flexibility index (Phi) is 4.78. The van der Waals surface area contributed by atoms with Crippen molar-refractivity contribution in [3.8, 4) is 0 Å². The van der Waals surface area contributed by atoms with Gasteiger partial charge in [0.05, 0.1) is 7.11 Å². The molecule has 1 rings (SSSR count). The molecule has 2 atom stereocenters. The minimum Gasteiger partial charge on any atom is -0.468 e. The van der Waals surface area contributed by atoms with Gasteiger partial charge in [-0.1, -0.05) is 37.3 Å². The molecule has 18 heavy (non-hydrogen) atoms. The number of alkyl halides is 2. The number of rotatable bonds is 5. The molecule has 0 aromatic heterocycles. The first-order valence-corrected chi connectivity index (χ1v) is 5.64. The third-order valence-electron chi connectivity index (χ3n) is 2.93. The molecule has 3 nitrogen and oxygen atoms in total. The second-order valence-corrected chi connectivity index (χ2v) is 4.23. The van der Waals surface area contributed by atoms with Gasteiger partial charge in [-0.25, -0.2) is 8.78 Å². The molecule has 5 heteroatoms. The highest BCUT2D eigenvalue weighted by molar-refractivity contribution is 5.75. The van der Waals surface area contributed by atoms with Crippen molar-refractivity contribution in [2.24, 2.45) is 5.73 Å². The van der Waals surface area contributed by atoms with E-state index in [2.05, 4.69) is 4.74 Å². The van der Waals surface area contributed by atoms with Crippen LogP contribution in [0.3, 0.4) is 0 Å². The van der Waals surface area contributed by atoms with Crippen molar-refractivity contribution in [1.29, 1.82) is 0 Å². The quantitative estimate of drug-likeness (QED) is 0.823. The largest absolute Gasteiger partial charge is 0.468 e. The van der Waals surface area contributed by atoms with Crippen molar-refractivity contribution >= 4 is 5.97 Å². The number of hydrogen-bond acceptors (Lipinski definition) is 3. The molecule has 2 unspecified atom stereocenters. The lowest BCUT2D eigenvalue weighted by atomic mass is 9.90. The average molecular weight is 257 g/mol. The number of hydrogen-bond donors (Lipinski definition) is 1. The minimum atomic E-state index is -3.06. The fraction of sp³-hybridized carbons (Fsp3) is 0.462. The molecule has 1 aromatic carbocycles. The molecule has 0 aliphatic carbocycles. The number of nitrogens with two attached hydrogens (primary N) is 1. The molecule has 0 saturated heterocycles. The zero-order valence-corrected chi connectivity index (χ0v) is 10.4. The first kappa shape index (κ1) is 14.6. The maximum Gasteiger partial charge on any atom is 0.322 e. The van der Waals surface area contributed by atoms with Crippen LogP contribution in [0.5, 0.6) is 0 Å². The van der Waals surface area contributed by atoms with Gasteiger partial charge in [0.25, 0.3) is 5.92 Å². The summed E-state index contributed by atoms with van der Waals surface area (Å²) in [5.74, 6) is -4.89. The van der Waals surface area contributed by atoms with Crippen molar-refractivity contribution in [3.63, 3.8) is 0 Å². The Labute approximate surface area is 105 Å². The van der Waals surface area contributed by atoms with E-state index in [9.17, 15) is 13.6 Å². The summed E-state index contributed by atoms with van der Waals surface area (Å²) in [4.78, 5) is 11.1. The topological polar surface area (TPSA) is 52.3 Å². The Morgan fingerprint density at radius 3 is 2.44 bits per heavy atom. The second kappa shape index (κ2) is 5.91. The zero-order chi connectivity index (χ0) is 13.8. The molecule has 0 aliphatic rings. The molecule has 0 radical (unpaired) electrons. The van der Waals surface area contributed by atoms with E-state index in [1.807, 2.05) is 0 Å². The molecular formula is C13H17F2NO2. The van der Waals surface area contributed by atoms with E-state index in [1.54, 1.807) is 30.3 Å². The number of esters is 1. The molecule has 0 aliphatic heterocycles. The molecule has 0 fully saturated rings. The van der Waals surface area contributed by atoms with Gasteiger partial charge in [-0.15, -0.1) is 0 Å². The van der Waals surface area contributed by atoms with Crippen molar-refractivity contribution in [1.82, 2.24) is 0 Å². The van der Waals surface area contributed by atoms with Crippen LogP contribution in [0.1, 0.15) is 24.8 Å². The Bertz CT molecular complexity index is 395. The van der Waals surface area contributed by atoms with Gasteiger partial charge in [-0.2, -0.15) is 0 Å². The lowest BCUT2D eigenvalue weighted by Gasteiger charge is -2.25. The van der Waals surface area contributed by atoms with Gasteiger partial charge in [0.1, 0.15) is 6.04 Å². The van der Waals surface area contributed by atoms with Gasteiger partial charge >= 0.3 is 5.97 Å². The van der Waals surface area contributed by atoms with Crippen molar-refractivity contribution in [2.45, 2.75) is 31.2 Å². The maximum atomic E-state index is 14.0. The molecule has 1 aromatic rings. The summed E-state index contributed by atoms with van der Waals surface area (Å²) in [7, 11) is 1.13. The van der Waals surface area contributed by atoms with Crippen molar-refractivity contribution in [3.05, 3.63) is 35.9 Å². The Morgan fingerprint density at radius 1 is 1.39 bits per heavy atom. The molecule has 0 bridgehead atoms. The van der Waals surface area contributed by atoms with Gasteiger partial charge in [-0.3, -0.25) is 4.79 Å². The van der Waals surface area contributed by atoms with Gasteiger partial charge in [0, 0.05) is 12.3 Å². The highest BCUT2D eigenvalue weighted by atomic mass is 19.3. The van der Waals surface area contributed by atoms with Gasteiger partial charge < -0.3 is 10.5 Å². The van der Waals surface area contributed by atoms with Crippen molar-refractivity contribution in [2.75, 3.05) is 7.11 Å². The Balaban J connectivity index is 2.77. The standard InChI is InChI=1S/C13H17F2NO2/c1-9(10-6-4-3-5-7-10)13(14,15)8-11(16)12(17)18-2/h3-7,9,11H,8,16H2,1-2H3. The molecule has 0 amide bonds. The minimum absolute atomic E-state index is 0.513. The Hall–Kier alpha value is -1.49. The average Bonchev–Trinajstić information content (AvgIpc) is 2.37. The smallest absolute Gasteiger partial charge is 0.322 e. The maximum absolute atomic E-state index is 14.0. The summed E-state index contributed by atoms with van der Waals surface area (Å²) in [5.41, 5.74) is 5.89. The summed E-state index contributed by atoms with van der Waals surface area (Å²) in [5, 5.41) is 0. The second-order valence-electron chi connectivity index (χ2n) is 4.23. The van der Waals surface area contributed by atoms with Crippen molar-refractivity contribution < 1.29 is 18.3 Å². The zero-order valence-electron chi connectivity index (χ0n) is 10.4. The number of carbonyl (C=O) groups is 1. The van der Waals surface area contributed by atoms with Crippen LogP contribution < -0.4 is 5.73 Å². The van der Waals surface area contributed by atoms with E-state index >= 15 is 0 Å².